The van der Waals surface area contributed by atoms with Gasteiger partial charge in [-0.1, -0.05) is 17.7 Å². The van der Waals surface area contributed by atoms with E-state index in [0.717, 1.165) is 22.6 Å². The molecule has 2 amide bonds. The average molecular weight is 440 g/mol. The zero-order valence-electron chi connectivity index (χ0n) is 17.3. The lowest BCUT2D eigenvalue weighted by molar-refractivity contribution is 0.170. The lowest BCUT2D eigenvalue weighted by Gasteiger charge is -2.40. The molecule has 3 heterocycles. The van der Waals surface area contributed by atoms with Crippen LogP contribution in [0, 0.1) is 5.82 Å². The molecule has 1 aromatic heterocycles. The number of piperazine rings is 1. The Hall–Kier alpha value is -2.90. The van der Waals surface area contributed by atoms with Crippen molar-refractivity contribution in [3.05, 3.63) is 65.3 Å². The highest BCUT2D eigenvalue weighted by atomic mass is 35.5. The first-order valence-electron chi connectivity index (χ1n) is 10.4. The van der Waals surface area contributed by atoms with Crippen molar-refractivity contribution in [2.24, 2.45) is 0 Å². The standard InChI is InChI=1S/C23H23ClFN5O/c1-14-10-28(11-15(2)27-14)23(31)29-12-20-21(16-6-8-17(25)9-7-16)26-13-30(20)19-5-3-4-18(24)22(19)29/h3-9,13-15,27H,10-12H2,1-2H3. The summed E-state index contributed by atoms with van der Waals surface area (Å²) in [6.07, 6.45) is 1.74. The Morgan fingerprint density at radius 2 is 1.84 bits per heavy atom. The van der Waals surface area contributed by atoms with Crippen molar-refractivity contribution >= 4 is 23.3 Å². The summed E-state index contributed by atoms with van der Waals surface area (Å²) in [6.45, 7) is 5.74. The van der Waals surface area contributed by atoms with Crippen LogP contribution in [0.4, 0.5) is 14.9 Å². The first kappa shape index (κ1) is 20.0. The van der Waals surface area contributed by atoms with Crippen LogP contribution in [0.1, 0.15) is 19.5 Å². The van der Waals surface area contributed by atoms with Crippen LogP contribution in [0.2, 0.25) is 5.02 Å². The summed E-state index contributed by atoms with van der Waals surface area (Å²) in [7, 11) is 0. The fraction of sp³-hybridized carbons (Fsp3) is 0.304. The second-order valence-electron chi connectivity index (χ2n) is 8.27. The number of halogens is 2. The van der Waals surface area contributed by atoms with Gasteiger partial charge in [0.25, 0.3) is 0 Å². The Morgan fingerprint density at radius 1 is 1.13 bits per heavy atom. The fourth-order valence-corrected chi connectivity index (χ4v) is 4.86. The predicted molar refractivity (Wildman–Crippen MR) is 119 cm³/mol. The molecule has 1 fully saturated rings. The summed E-state index contributed by atoms with van der Waals surface area (Å²) in [5.41, 5.74) is 3.89. The minimum absolute atomic E-state index is 0.0768. The first-order chi connectivity index (χ1) is 14.9. The van der Waals surface area contributed by atoms with Crippen LogP contribution in [0.25, 0.3) is 16.9 Å². The van der Waals surface area contributed by atoms with E-state index in [4.69, 9.17) is 11.6 Å². The van der Waals surface area contributed by atoms with E-state index in [2.05, 4.69) is 24.1 Å². The van der Waals surface area contributed by atoms with Crippen LogP contribution in [0.5, 0.6) is 0 Å². The number of carbonyl (C=O) groups excluding carboxylic acids is 1. The van der Waals surface area contributed by atoms with E-state index in [1.807, 2.05) is 21.6 Å². The van der Waals surface area contributed by atoms with Crippen molar-refractivity contribution < 1.29 is 9.18 Å². The van der Waals surface area contributed by atoms with Gasteiger partial charge in [0.2, 0.25) is 0 Å². The third kappa shape index (κ3) is 3.47. The number of fused-ring (bicyclic) bond motifs is 3. The van der Waals surface area contributed by atoms with Gasteiger partial charge in [0.05, 0.1) is 34.3 Å². The van der Waals surface area contributed by atoms with Gasteiger partial charge in [-0.25, -0.2) is 14.2 Å². The molecule has 8 heteroatoms. The number of nitrogens with zero attached hydrogens (tertiary/aromatic N) is 4. The third-order valence-corrected chi connectivity index (χ3v) is 6.15. The molecular weight excluding hydrogens is 417 g/mol. The highest BCUT2D eigenvalue weighted by Crippen LogP contribution is 2.40. The number of benzene rings is 2. The maximum absolute atomic E-state index is 13.7. The maximum atomic E-state index is 13.7. The Kier molecular flexibility index (Phi) is 4.95. The minimum Gasteiger partial charge on any atom is -0.321 e. The molecule has 160 valence electrons. The summed E-state index contributed by atoms with van der Waals surface area (Å²) in [4.78, 5) is 21.9. The molecule has 1 N–H and O–H groups in total. The smallest absolute Gasteiger partial charge is 0.321 e. The van der Waals surface area contributed by atoms with Gasteiger partial charge in [-0.05, 0) is 50.2 Å². The fourth-order valence-electron chi connectivity index (χ4n) is 4.59. The SMILES string of the molecule is CC1CN(C(=O)N2Cc3c(-c4ccc(F)cc4)ncn3-c3cccc(Cl)c32)CC(C)N1. The number of hydrogen-bond donors (Lipinski definition) is 1. The number of rotatable bonds is 1. The van der Waals surface area contributed by atoms with E-state index < -0.39 is 0 Å². The average Bonchev–Trinajstić information content (AvgIpc) is 3.17. The lowest BCUT2D eigenvalue weighted by atomic mass is 10.1. The number of imidazole rings is 1. The summed E-state index contributed by atoms with van der Waals surface area (Å²) in [5, 5.41) is 3.98. The number of amides is 2. The van der Waals surface area contributed by atoms with Gasteiger partial charge in [-0.3, -0.25) is 9.47 Å². The summed E-state index contributed by atoms with van der Waals surface area (Å²) in [6, 6.07) is 12.2. The van der Waals surface area contributed by atoms with Crippen molar-refractivity contribution in [1.29, 1.82) is 0 Å². The Morgan fingerprint density at radius 3 is 2.55 bits per heavy atom. The van der Waals surface area contributed by atoms with Crippen LogP contribution < -0.4 is 10.2 Å². The van der Waals surface area contributed by atoms with Crippen LogP contribution in [-0.2, 0) is 6.54 Å². The molecule has 0 bridgehead atoms. The zero-order valence-corrected chi connectivity index (χ0v) is 18.1. The molecule has 5 rings (SSSR count). The molecule has 0 aliphatic carbocycles. The molecule has 2 aliphatic rings. The van der Waals surface area contributed by atoms with Gasteiger partial charge in [-0.15, -0.1) is 0 Å². The molecule has 6 nitrogen and oxygen atoms in total. The summed E-state index contributed by atoms with van der Waals surface area (Å²) in [5.74, 6) is -0.298. The van der Waals surface area contributed by atoms with E-state index in [9.17, 15) is 9.18 Å². The quantitative estimate of drug-likeness (QED) is 0.609. The molecule has 2 aliphatic heterocycles. The Bertz CT molecular complexity index is 1140. The largest absolute Gasteiger partial charge is 0.325 e. The monoisotopic (exact) mass is 439 g/mol. The van der Waals surface area contributed by atoms with E-state index in [-0.39, 0.29) is 23.9 Å². The normalized spacial score (nSPS) is 20.4. The van der Waals surface area contributed by atoms with Crippen molar-refractivity contribution in [3.8, 4) is 16.9 Å². The number of hydrogen-bond acceptors (Lipinski definition) is 3. The van der Waals surface area contributed by atoms with Crippen molar-refractivity contribution in [1.82, 2.24) is 19.8 Å². The van der Waals surface area contributed by atoms with Crippen LogP contribution in [-0.4, -0.2) is 45.7 Å². The molecule has 3 aromatic rings. The number of carbonyl (C=O) groups is 1. The van der Waals surface area contributed by atoms with E-state index in [0.29, 0.717) is 30.3 Å². The number of nitrogens with one attached hydrogen (secondary N) is 1. The van der Waals surface area contributed by atoms with Crippen LogP contribution >= 0.6 is 11.6 Å². The van der Waals surface area contributed by atoms with Gasteiger partial charge in [0.1, 0.15) is 12.1 Å². The molecule has 2 aromatic carbocycles. The predicted octanol–water partition coefficient (Wildman–Crippen LogP) is 4.45. The highest BCUT2D eigenvalue weighted by Gasteiger charge is 2.35. The number of anilines is 1. The second-order valence-corrected chi connectivity index (χ2v) is 8.67. The lowest BCUT2D eigenvalue weighted by Crippen LogP contribution is -2.58. The Balaban J connectivity index is 1.59. The molecule has 0 saturated carbocycles. The van der Waals surface area contributed by atoms with Crippen LogP contribution in [0.15, 0.2) is 48.8 Å². The molecule has 31 heavy (non-hydrogen) atoms. The molecule has 0 radical (unpaired) electrons. The molecule has 2 atom stereocenters. The van der Waals surface area contributed by atoms with Crippen LogP contribution in [0.3, 0.4) is 0 Å². The zero-order chi connectivity index (χ0) is 21.7. The molecule has 1 saturated heterocycles. The number of aromatic nitrogens is 2. The Labute approximate surface area is 185 Å². The second kappa shape index (κ2) is 7.66. The van der Waals surface area contributed by atoms with Crippen molar-refractivity contribution in [2.45, 2.75) is 32.5 Å². The van der Waals surface area contributed by atoms with Crippen molar-refractivity contribution in [2.75, 3.05) is 18.0 Å². The van der Waals surface area contributed by atoms with E-state index in [1.165, 1.54) is 12.1 Å². The first-order valence-corrected chi connectivity index (χ1v) is 10.7. The van der Waals surface area contributed by atoms with Gasteiger partial charge >= 0.3 is 6.03 Å². The van der Waals surface area contributed by atoms with Gasteiger partial charge in [0, 0.05) is 30.7 Å². The van der Waals surface area contributed by atoms with Gasteiger partial charge in [-0.2, -0.15) is 0 Å². The van der Waals surface area contributed by atoms with Gasteiger partial charge < -0.3 is 10.2 Å². The molecule has 0 spiro atoms. The highest BCUT2D eigenvalue weighted by molar-refractivity contribution is 6.34. The minimum atomic E-state index is -0.298. The van der Waals surface area contributed by atoms with E-state index in [1.54, 1.807) is 29.4 Å². The number of para-hydroxylation sites is 1. The van der Waals surface area contributed by atoms with E-state index >= 15 is 0 Å². The summed E-state index contributed by atoms with van der Waals surface area (Å²) >= 11 is 6.58. The topological polar surface area (TPSA) is 53.4 Å². The number of urea groups is 1. The van der Waals surface area contributed by atoms with Crippen molar-refractivity contribution in [3.63, 3.8) is 0 Å². The van der Waals surface area contributed by atoms with Gasteiger partial charge in [0.15, 0.2) is 0 Å². The summed E-state index contributed by atoms with van der Waals surface area (Å²) < 4.78 is 15.4. The molecular formula is C23H23ClFN5O. The molecule has 2 unspecified atom stereocenters. The third-order valence-electron chi connectivity index (χ3n) is 5.85. The maximum Gasteiger partial charge on any atom is 0.325 e.